The SMILES string of the molecule is COC(=O)C1=C(C)N(c2ccc(C(=O)OC)cc2)C(=O)/C1=C\c1ccc(C(C)C)cc1. The van der Waals surface area contributed by atoms with Gasteiger partial charge >= 0.3 is 11.9 Å². The summed E-state index contributed by atoms with van der Waals surface area (Å²) in [6, 6.07) is 14.3. The molecule has 0 radical (unpaired) electrons. The Morgan fingerprint density at radius 3 is 2.00 bits per heavy atom. The molecule has 31 heavy (non-hydrogen) atoms. The number of hydrogen-bond acceptors (Lipinski definition) is 5. The largest absolute Gasteiger partial charge is 0.465 e. The zero-order valence-corrected chi connectivity index (χ0v) is 18.3. The molecule has 160 valence electrons. The minimum atomic E-state index is -0.579. The fraction of sp³-hybridized carbons (Fsp3) is 0.240. The Bertz CT molecular complexity index is 1080. The first-order valence-electron chi connectivity index (χ1n) is 9.92. The number of ether oxygens (including phenoxy) is 2. The van der Waals surface area contributed by atoms with E-state index in [-0.39, 0.29) is 17.1 Å². The number of amides is 1. The van der Waals surface area contributed by atoms with E-state index in [2.05, 4.69) is 13.8 Å². The standard InChI is InChI=1S/C25H25NO5/c1-15(2)18-8-6-17(7-9-18)14-21-22(25(29)31-5)16(3)26(23(21)27)20-12-10-19(11-13-20)24(28)30-4/h6-15H,1-5H3/b21-14-. The van der Waals surface area contributed by atoms with Crippen molar-refractivity contribution in [1.29, 1.82) is 0 Å². The maximum atomic E-state index is 13.3. The molecule has 0 aliphatic carbocycles. The van der Waals surface area contributed by atoms with Gasteiger partial charge in [0.25, 0.3) is 5.91 Å². The molecule has 0 unspecified atom stereocenters. The third-order valence-corrected chi connectivity index (χ3v) is 5.25. The number of hydrogen-bond donors (Lipinski definition) is 0. The predicted octanol–water partition coefficient (Wildman–Crippen LogP) is 4.47. The van der Waals surface area contributed by atoms with Crippen LogP contribution in [0.15, 0.2) is 65.4 Å². The fourth-order valence-electron chi connectivity index (χ4n) is 3.50. The number of carbonyl (C=O) groups excluding carboxylic acids is 3. The van der Waals surface area contributed by atoms with Crippen LogP contribution >= 0.6 is 0 Å². The van der Waals surface area contributed by atoms with Crippen LogP contribution in [-0.4, -0.2) is 32.1 Å². The molecular weight excluding hydrogens is 394 g/mol. The van der Waals surface area contributed by atoms with Gasteiger partial charge in [-0.1, -0.05) is 38.1 Å². The molecule has 3 rings (SSSR count). The number of carbonyl (C=O) groups is 3. The lowest BCUT2D eigenvalue weighted by molar-refractivity contribution is -0.136. The molecular formula is C25H25NO5. The molecule has 0 aromatic heterocycles. The first kappa shape index (κ1) is 22.0. The van der Waals surface area contributed by atoms with Crippen molar-refractivity contribution in [2.75, 3.05) is 19.1 Å². The van der Waals surface area contributed by atoms with Crippen LogP contribution < -0.4 is 4.90 Å². The van der Waals surface area contributed by atoms with Gasteiger partial charge in [0, 0.05) is 11.4 Å². The second-order valence-electron chi connectivity index (χ2n) is 7.51. The molecule has 0 bridgehead atoms. The number of nitrogens with zero attached hydrogens (tertiary/aromatic N) is 1. The summed E-state index contributed by atoms with van der Waals surface area (Å²) in [7, 11) is 2.59. The molecule has 1 heterocycles. The summed E-state index contributed by atoms with van der Waals surface area (Å²) in [6.07, 6.45) is 1.70. The maximum absolute atomic E-state index is 13.3. The quantitative estimate of drug-likeness (QED) is 0.528. The average Bonchev–Trinajstić information content (AvgIpc) is 3.02. The Hall–Kier alpha value is -3.67. The molecule has 2 aromatic carbocycles. The van der Waals surface area contributed by atoms with Gasteiger partial charge < -0.3 is 9.47 Å². The Kier molecular flexibility index (Phi) is 6.39. The van der Waals surface area contributed by atoms with Crippen LogP contribution in [0.5, 0.6) is 0 Å². The Morgan fingerprint density at radius 1 is 0.903 bits per heavy atom. The van der Waals surface area contributed by atoms with Crippen LogP contribution in [0.3, 0.4) is 0 Å². The van der Waals surface area contributed by atoms with Crippen molar-refractivity contribution in [3.63, 3.8) is 0 Å². The highest BCUT2D eigenvalue weighted by molar-refractivity contribution is 6.23. The van der Waals surface area contributed by atoms with Crippen molar-refractivity contribution in [3.8, 4) is 0 Å². The highest BCUT2D eigenvalue weighted by Gasteiger charge is 2.37. The van der Waals surface area contributed by atoms with Gasteiger partial charge in [0.15, 0.2) is 0 Å². The monoisotopic (exact) mass is 419 g/mol. The molecule has 0 saturated heterocycles. The minimum Gasteiger partial charge on any atom is -0.465 e. The first-order valence-corrected chi connectivity index (χ1v) is 9.92. The summed E-state index contributed by atoms with van der Waals surface area (Å²) in [6.45, 7) is 5.92. The van der Waals surface area contributed by atoms with Gasteiger partial charge in [-0.3, -0.25) is 9.69 Å². The number of rotatable bonds is 5. The highest BCUT2D eigenvalue weighted by atomic mass is 16.5. The van der Waals surface area contributed by atoms with Crippen molar-refractivity contribution >= 4 is 29.6 Å². The van der Waals surface area contributed by atoms with Crippen LogP contribution in [0.2, 0.25) is 0 Å². The van der Waals surface area contributed by atoms with E-state index in [4.69, 9.17) is 9.47 Å². The van der Waals surface area contributed by atoms with E-state index in [0.717, 1.165) is 5.56 Å². The summed E-state index contributed by atoms with van der Waals surface area (Å²) in [4.78, 5) is 39.0. The zero-order chi connectivity index (χ0) is 22.7. The van der Waals surface area contributed by atoms with Crippen LogP contribution in [0.1, 0.15) is 48.2 Å². The lowest BCUT2D eigenvalue weighted by Gasteiger charge is -2.18. The van der Waals surface area contributed by atoms with E-state index < -0.39 is 11.9 Å². The minimum absolute atomic E-state index is 0.220. The van der Waals surface area contributed by atoms with Gasteiger partial charge in [-0.2, -0.15) is 0 Å². The lowest BCUT2D eigenvalue weighted by Crippen LogP contribution is -2.24. The van der Waals surface area contributed by atoms with Crippen LogP contribution in [0.25, 0.3) is 6.08 Å². The number of methoxy groups -OCH3 is 2. The Labute approximate surface area is 181 Å². The van der Waals surface area contributed by atoms with Crippen molar-refractivity contribution in [2.24, 2.45) is 0 Å². The molecule has 6 nitrogen and oxygen atoms in total. The van der Waals surface area contributed by atoms with Crippen molar-refractivity contribution < 1.29 is 23.9 Å². The lowest BCUT2D eigenvalue weighted by atomic mass is 9.99. The van der Waals surface area contributed by atoms with E-state index in [0.29, 0.717) is 22.9 Å². The molecule has 1 amide bonds. The maximum Gasteiger partial charge on any atom is 0.340 e. The van der Waals surface area contributed by atoms with Gasteiger partial charge in [0.2, 0.25) is 0 Å². The second kappa shape index (κ2) is 9.00. The predicted molar refractivity (Wildman–Crippen MR) is 118 cm³/mol. The summed E-state index contributed by atoms with van der Waals surface area (Å²) in [5.41, 5.74) is 3.85. The third kappa shape index (κ3) is 4.28. The average molecular weight is 419 g/mol. The van der Waals surface area contributed by atoms with Crippen LogP contribution in [0.4, 0.5) is 5.69 Å². The van der Waals surface area contributed by atoms with E-state index >= 15 is 0 Å². The summed E-state index contributed by atoms with van der Waals surface area (Å²) in [5.74, 6) is -0.987. The summed E-state index contributed by atoms with van der Waals surface area (Å²) < 4.78 is 9.66. The van der Waals surface area contributed by atoms with Gasteiger partial charge in [0.05, 0.1) is 30.9 Å². The number of esters is 2. The van der Waals surface area contributed by atoms with Crippen molar-refractivity contribution in [2.45, 2.75) is 26.7 Å². The fourth-order valence-corrected chi connectivity index (χ4v) is 3.50. The van der Waals surface area contributed by atoms with Crippen molar-refractivity contribution in [3.05, 3.63) is 82.1 Å². The number of anilines is 1. The molecule has 0 atom stereocenters. The topological polar surface area (TPSA) is 72.9 Å². The van der Waals surface area contributed by atoms with E-state index in [1.54, 1.807) is 37.3 Å². The highest BCUT2D eigenvalue weighted by Crippen LogP contribution is 2.35. The van der Waals surface area contributed by atoms with Gasteiger partial charge in [-0.25, -0.2) is 9.59 Å². The zero-order valence-electron chi connectivity index (χ0n) is 18.3. The van der Waals surface area contributed by atoms with Gasteiger partial charge in [0.1, 0.15) is 0 Å². The van der Waals surface area contributed by atoms with Crippen molar-refractivity contribution in [1.82, 2.24) is 0 Å². The molecule has 1 aliphatic heterocycles. The molecule has 6 heteroatoms. The normalized spacial score (nSPS) is 15.1. The van der Waals surface area contributed by atoms with E-state index in [9.17, 15) is 14.4 Å². The van der Waals surface area contributed by atoms with E-state index in [1.807, 2.05) is 24.3 Å². The first-order chi connectivity index (χ1) is 14.8. The molecule has 0 spiro atoms. The van der Waals surface area contributed by atoms with E-state index in [1.165, 1.54) is 24.7 Å². The molecule has 0 saturated carbocycles. The Morgan fingerprint density at radius 2 is 1.48 bits per heavy atom. The molecule has 0 N–H and O–H groups in total. The molecule has 2 aromatic rings. The number of allylic oxidation sites excluding steroid dienone is 1. The van der Waals surface area contributed by atoms with Crippen LogP contribution in [-0.2, 0) is 19.1 Å². The number of benzene rings is 2. The van der Waals surface area contributed by atoms with Crippen LogP contribution in [0, 0.1) is 0 Å². The Balaban J connectivity index is 2.04. The third-order valence-electron chi connectivity index (χ3n) is 5.25. The van der Waals surface area contributed by atoms with Gasteiger partial charge in [-0.15, -0.1) is 0 Å². The smallest absolute Gasteiger partial charge is 0.340 e. The molecule has 0 fully saturated rings. The summed E-state index contributed by atoms with van der Waals surface area (Å²) >= 11 is 0. The summed E-state index contributed by atoms with van der Waals surface area (Å²) in [5, 5.41) is 0. The van der Waals surface area contributed by atoms with Gasteiger partial charge in [-0.05, 0) is 54.3 Å². The second-order valence-corrected chi connectivity index (χ2v) is 7.51. The molecule has 1 aliphatic rings.